The van der Waals surface area contributed by atoms with Crippen LogP contribution in [0.4, 0.5) is 10.1 Å². The lowest BCUT2D eigenvalue weighted by atomic mass is 10.2. The van der Waals surface area contributed by atoms with Gasteiger partial charge in [-0.3, -0.25) is 9.10 Å². The van der Waals surface area contributed by atoms with Crippen LogP contribution in [0.1, 0.15) is 18.4 Å². The van der Waals surface area contributed by atoms with E-state index >= 15 is 0 Å². The fourth-order valence-electron chi connectivity index (χ4n) is 3.30. The highest BCUT2D eigenvalue weighted by Gasteiger charge is 2.17. The second-order valence-corrected chi connectivity index (χ2v) is 9.77. The van der Waals surface area contributed by atoms with Gasteiger partial charge in [0.2, 0.25) is 15.9 Å². The van der Waals surface area contributed by atoms with Gasteiger partial charge >= 0.3 is 0 Å². The van der Waals surface area contributed by atoms with Crippen molar-refractivity contribution in [1.29, 1.82) is 0 Å². The normalized spacial score (nSPS) is 11.0. The van der Waals surface area contributed by atoms with Gasteiger partial charge in [-0.2, -0.15) is 0 Å². The molecule has 0 unspecified atom stereocenters. The zero-order chi connectivity index (χ0) is 25.1. The van der Waals surface area contributed by atoms with Crippen LogP contribution in [0, 0.1) is 5.82 Å². The van der Waals surface area contributed by atoms with Gasteiger partial charge in [-0.05, 0) is 60.5 Å². The first-order valence-electron chi connectivity index (χ1n) is 11.2. The monoisotopic (exact) mass is 500 g/mol. The van der Waals surface area contributed by atoms with Gasteiger partial charge in [0.15, 0.2) is 0 Å². The first-order valence-corrected chi connectivity index (χ1v) is 13.1. The average Bonchev–Trinajstić information content (AvgIpc) is 2.85. The zero-order valence-corrected chi connectivity index (χ0v) is 20.3. The molecule has 0 aliphatic heterocycles. The smallest absolute Gasteiger partial charge is 0.232 e. The molecule has 3 aromatic rings. The van der Waals surface area contributed by atoms with Crippen molar-refractivity contribution in [2.45, 2.75) is 19.4 Å². The number of sulfonamides is 1. The number of carbonyl (C=O) groups is 1. The molecule has 0 atom stereocenters. The Balaban J connectivity index is 1.43. The molecule has 0 saturated carbocycles. The van der Waals surface area contributed by atoms with Crippen LogP contribution >= 0.6 is 0 Å². The van der Waals surface area contributed by atoms with E-state index in [2.05, 4.69) is 5.32 Å². The summed E-state index contributed by atoms with van der Waals surface area (Å²) in [7, 11) is -3.52. The summed E-state index contributed by atoms with van der Waals surface area (Å²) in [4.78, 5) is 12.1. The Kier molecular flexibility index (Phi) is 9.48. The van der Waals surface area contributed by atoms with Gasteiger partial charge in [0, 0.05) is 13.0 Å². The molecule has 0 aliphatic carbocycles. The maximum Gasteiger partial charge on any atom is 0.232 e. The molecule has 3 aromatic carbocycles. The second kappa shape index (κ2) is 12.8. The van der Waals surface area contributed by atoms with E-state index < -0.39 is 10.0 Å². The molecule has 3 rings (SSSR count). The van der Waals surface area contributed by atoms with E-state index in [0.717, 1.165) is 11.8 Å². The maximum atomic E-state index is 12.9. The van der Waals surface area contributed by atoms with Crippen LogP contribution in [0.25, 0.3) is 0 Å². The molecule has 7 nitrogen and oxygen atoms in total. The number of anilines is 1. The van der Waals surface area contributed by atoms with Crippen molar-refractivity contribution in [2.24, 2.45) is 0 Å². The maximum absolute atomic E-state index is 12.9. The van der Waals surface area contributed by atoms with E-state index in [1.54, 1.807) is 24.3 Å². The van der Waals surface area contributed by atoms with Crippen molar-refractivity contribution in [1.82, 2.24) is 5.32 Å². The molecule has 9 heteroatoms. The molecule has 0 bridgehead atoms. The number of carbonyl (C=O) groups excluding carboxylic acids is 1. The van der Waals surface area contributed by atoms with Gasteiger partial charge in [-0.25, -0.2) is 12.8 Å². The topological polar surface area (TPSA) is 84.9 Å². The molecule has 1 amide bonds. The lowest BCUT2D eigenvalue weighted by Crippen LogP contribution is -2.32. The summed E-state index contributed by atoms with van der Waals surface area (Å²) in [5.74, 6) is 0.598. The molecular weight excluding hydrogens is 471 g/mol. The number of amides is 1. The number of halogens is 1. The minimum absolute atomic E-state index is 0.167. The van der Waals surface area contributed by atoms with Crippen LogP contribution in [0.3, 0.4) is 0 Å². The van der Waals surface area contributed by atoms with Crippen molar-refractivity contribution in [3.8, 4) is 11.5 Å². The standard InChI is InChI=1S/C26H29FN2O5S/c1-35(31,32)29(23-11-15-25(16-12-23)34-20-21-6-3-2-4-7-21)18-5-8-26(30)28-17-19-33-24-13-9-22(27)10-14-24/h2-4,6-7,9-16H,5,8,17-20H2,1H3,(H,28,30). The molecule has 186 valence electrons. The quantitative estimate of drug-likeness (QED) is 0.357. The number of nitrogens with one attached hydrogen (secondary N) is 1. The van der Waals surface area contributed by atoms with Crippen molar-refractivity contribution in [3.63, 3.8) is 0 Å². The number of rotatable bonds is 13. The summed E-state index contributed by atoms with van der Waals surface area (Å²) in [6, 6.07) is 22.2. The van der Waals surface area contributed by atoms with Crippen LogP contribution in [-0.4, -0.2) is 40.3 Å². The molecule has 35 heavy (non-hydrogen) atoms. The molecular formula is C26H29FN2O5S. The van der Waals surface area contributed by atoms with E-state index in [4.69, 9.17) is 9.47 Å². The predicted molar refractivity (Wildman–Crippen MR) is 134 cm³/mol. The minimum atomic E-state index is -3.52. The molecule has 0 aliphatic rings. The third kappa shape index (κ3) is 8.94. The molecule has 0 radical (unpaired) electrons. The third-order valence-corrected chi connectivity index (χ3v) is 6.24. The summed E-state index contributed by atoms with van der Waals surface area (Å²) in [6.07, 6.45) is 1.66. The number of hydrogen-bond donors (Lipinski definition) is 1. The minimum Gasteiger partial charge on any atom is -0.492 e. The molecule has 0 heterocycles. The van der Waals surface area contributed by atoms with E-state index in [-0.39, 0.29) is 37.8 Å². The van der Waals surface area contributed by atoms with Crippen LogP contribution in [0.15, 0.2) is 78.9 Å². The van der Waals surface area contributed by atoms with Gasteiger partial charge in [-0.1, -0.05) is 30.3 Å². The largest absolute Gasteiger partial charge is 0.492 e. The lowest BCUT2D eigenvalue weighted by molar-refractivity contribution is -0.121. The van der Waals surface area contributed by atoms with E-state index in [0.29, 0.717) is 30.2 Å². The van der Waals surface area contributed by atoms with Crippen molar-refractivity contribution >= 4 is 21.6 Å². The molecule has 0 aromatic heterocycles. The van der Waals surface area contributed by atoms with Crippen LogP contribution in [0.2, 0.25) is 0 Å². The van der Waals surface area contributed by atoms with Crippen LogP contribution in [-0.2, 0) is 21.4 Å². The summed E-state index contributed by atoms with van der Waals surface area (Å²) in [5, 5.41) is 2.73. The third-order valence-electron chi connectivity index (χ3n) is 5.05. The molecule has 1 N–H and O–H groups in total. The van der Waals surface area contributed by atoms with Gasteiger partial charge in [-0.15, -0.1) is 0 Å². The van der Waals surface area contributed by atoms with Crippen molar-refractivity contribution in [3.05, 3.63) is 90.2 Å². The first kappa shape index (κ1) is 26.0. The molecule has 0 fully saturated rings. The van der Waals surface area contributed by atoms with Gasteiger partial charge < -0.3 is 14.8 Å². The number of nitrogens with zero attached hydrogens (tertiary/aromatic N) is 1. The summed E-state index contributed by atoms with van der Waals surface area (Å²) >= 11 is 0. The number of benzene rings is 3. The van der Waals surface area contributed by atoms with Gasteiger partial charge in [0.25, 0.3) is 0 Å². The summed E-state index contributed by atoms with van der Waals surface area (Å²) in [5.41, 5.74) is 1.54. The Morgan fingerprint density at radius 3 is 2.20 bits per heavy atom. The highest BCUT2D eigenvalue weighted by Crippen LogP contribution is 2.23. The zero-order valence-electron chi connectivity index (χ0n) is 19.5. The Morgan fingerprint density at radius 2 is 1.54 bits per heavy atom. The Morgan fingerprint density at radius 1 is 0.914 bits per heavy atom. The second-order valence-electron chi connectivity index (χ2n) is 7.86. The average molecular weight is 501 g/mol. The first-order chi connectivity index (χ1) is 16.8. The van der Waals surface area contributed by atoms with Crippen molar-refractivity contribution in [2.75, 3.05) is 30.3 Å². The predicted octanol–water partition coefficient (Wildman–Crippen LogP) is 4.15. The van der Waals surface area contributed by atoms with Gasteiger partial charge in [0.1, 0.15) is 30.5 Å². The highest BCUT2D eigenvalue weighted by molar-refractivity contribution is 7.92. The lowest BCUT2D eigenvalue weighted by Gasteiger charge is -2.22. The van der Waals surface area contributed by atoms with E-state index in [1.807, 2.05) is 30.3 Å². The fourth-order valence-corrected chi connectivity index (χ4v) is 4.26. The number of ether oxygens (including phenoxy) is 2. The van der Waals surface area contributed by atoms with E-state index in [9.17, 15) is 17.6 Å². The molecule has 0 saturated heterocycles. The van der Waals surface area contributed by atoms with Crippen LogP contribution in [0.5, 0.6) is 11.5 Å². The van der Waals surface area contributed by atoms with Gasteiger partial charge in [0.05, 0.1) is 18.5 Å². The Hall–Kier alpha value is -3.59. The molecule has 0 spiro atoms. The van der Waals surface area contributed by atoms with Crippen LogP contribution < -0.4 is 19.1 Å². The van der Waals surface area contributed by atoms with Crippen molar-refractivity contribution < 1.29 is 27.1 Å². The Labute approximate surface area is 205 Å². The fraction of sp³-hybridized carbons (Fsp3) is 0.269. The van der Waals surface area contributed by atoms with E-state index in [1.165, 1.54) is 28.6 Å². The Bertz CT molecular complexity index is 1170. The summed E-state index contributed by atoms with van der Waals surface area (Å²) in [6.45, 7) is 1.12. The number of hydrogen-bond acceptors (Lipinski definition) is 5. The summed E-state index contributed by atoms with van der Waals surface area (Å²) < 4.78 is 50.0. The SMILES string of the molecule is CS(=O)(=O)N(CCCC(=O)NCCOc1ccc(F)cc1)c1ccc(OCc2ccccc2)cc1. The highest BCUT2D eigenvalue weighted by atomic mass is 32.2.